The second-order valence-electron chi connectivity index (χ2n) is 2.82. The van der Waals surface area contributed by atoms with Crippen LogP contribution in [0.3, 0.4) is 0 Å². The minimum Gasteiger partial charge on any atom is -0.393 e. The molecule has 80 valence electrons. The summed E-state index contributed by atoms with van der Waals surface area (Å²) in [6.45, 7) is 9.08. The van der Waals surface area contributed by atoms with Crippen molar-refractivity contribution in [3.63, 3.8) is 0 Å². The fraction of sp³-hybridized carbons (Fsp3) is 0.667. The maximum atomic E-state index is 10.2. The average molecular weight is 229 g/mol. The summed E-state index contributed by atoms with van der Waals surface area (Å²) < 4.78 is 4.12. The molecular formula is C9H17FeO3-. The van der Waals surface area contributed by atoms with Gasteiger partial charge in [0.15, 0.2) is 0 Å². The fourth-order valence-electron chi connectivity index (χ4n) is 0.232. The monoisotopic (exact) mass is 229 g/mol. The summed E-state index contributed by atoms with van der Waals surface area (Å²) in [5, 5.41) is 0. The molecule has 0 aliphatic rings. The van der Waals surface area contributed by atoms with E-state index in [1.165, 1.54) is 12.8 Å². The van der Waals surface area contributed by atoms with Gasteiger partial charge in [0.2, 0.25) is 0 Å². The van der Waals surface area contributed by atoms with Crippen molar-refractivity contribution >= 4 is 11.9 Å². The zero-order chi connectivity index (χ0) is 10.1. The third kappa shape index (κ3) is 34.0. The molecule has 0 aliphatic carbocycles. The van der Waals surface area contributed by atoms with Gasteiger partial charge in [-0.15, -0.1) is 0 Å². The van der Waals surface area contributed by atoms with Crippen molar-refractivity contribution < 1.29 is 31.4 Å². The van der Waals surface area contributed by atoms with Gasteiger partial charge in [0.05, 0.1) is 0 Å². The summed E-state index contributed by atoms with van der Waals surface area (Å²) in [7, 11) is 0. The Bertz CT molecular complexity index is 141. The Kier molecular flexibility index (Phi) is 16.5. The molecular weight excluding hydrogens is 212 g/mol. The van der Waals surface area contributed by atoms with Crippen LogP contribution >= 0.6 is 0 Å². The minimum absolute atomic E-state index is 0. The molecule has 0 rings (SSSR count). The normalized spacial score (nSPS) is 7.85. The molecule has 0 bridgehead atoms. The largest absolute Gasteiger partial charge is 0.393 e. The van der Waals surface area contributed by atoms with Crippen molar-refractivity contribution in [1.82, 2.24) is 0 Å². The van der Waals surface area contributed by atoms with Crippen molar-refractivity contribution in [2.45, 2.75) is 41.0 Å². The summed E-state index contributed by atoms with van der Waals surface area (Å²) in [5.41, 5.74) is 0. The number of hydrogen-bond acceptors (Lipinski definition) is 3. The second kappa shape index (κ2) is 11.7. The maximum absolute atomic E-state index is 10.2. The molecule has 4 heteroatoms. The number of carbonyl (C=O) groups is 2. The quantitative estimate of drug-likeness (QED) is 0.299. The van der Waals surface area contributed by atoms with Gasteiger partial charge in [-0.25, -0.2) is 0 Å². The minimum atomic E-state index is -0.545. The molecule has 0 spiro atoms. The van der Waals surface area contributed by atoms with Gasteiger partial charge in [-0.2, -0.15) is 20.8 Å². The second-order valence-corrected chi connectivity index (χ2v) is 2.82. The first kappa shape index (κ1) is 18.4. The molecule has 0 amide bonds. The van der Waals surface area contributed by atoms with Crippen LogP contribution in [0.1, 0.15) is 41.0 Å². The van der Waals surface area contributed by atoms with Crippen LogP contribution in [-0.2, 0) is 31.4 Å². The van der Waals surface area contributed by atoms with E-state index < -0.39 is 11.9 Å². The van der Waals surface area contributed by atoms with Crippen LogP contribution in [-0.4, -0.2) is 11.9 Å². The van der Waals surface area contributed by atoms with E-state index in [1.807, 2.05) is 0 Å². The summed E-state index contributed by atoms with van der Waals surface area (Å²) in [4.78, 5) is 20.1. The molecule has 0 saturated heterocycles. The van der Waals surface area contributed by atoms with E-state index in [-0.39, 0.29) is 23.5 Å². The molecule has 0 aromatic heterocycles. The Hall–Kier alpha value is -0.341. The topological polar surface area (TPSA) is 43.4 Å². The van der Waals surface area contributed by atoms with Crippen molar-refractivity contribution in [3.05, 3.63) is 5.92 Å². The van der Waals surface area contributed by atoms with Crippen molar-refractivity contribution in [1.29, 1.82) is 0 Å². The van der Waals surface area contributed by atoms with E-state index in [0.29, 0.717) is 0 Å². The Balaban J connectivity index is -0.000000173. The predicted molar refractivity (Wildman–Crippen MR) is 47.3 cm³/mol. The van der Waals surface area contributed by atoms with E-state index in [1.54, 1.807) is 6.92 Å². The Morgan fingerprint density at radius 1 is 1.23 bits per heavy atom. The Labute approximate surface area is 90.7 Å². The number of rotatable bonds is 1. The van der Waals surface area contributed by atoms with Gasteiger partial charge >= 0.3 is 11.9 Å². The Morgan fingerprint density at radius 3 is 1.62 bits per heavy atom. The molecule has 0 unspecified atom stereocenters. The standard InChI is InChI=1S/C5H8O3.C4H9.Fe/c1-3-5(7)8-4(2)6;1-4(2)3;/h3H2,1-2H3;1-3H3;/q;-1;. The van der Waals surface area contributed by atoms with Gasteiger partial charge < -0.3 is 10.7 Å². The SMILES string of the molecule is CCC(=O)OC(C)=O.C[C-](C)C.[Fe]. The van der Waals surface area contributed by atoms with Crippen molar-refractivity contribution in [2.75, 3.05) is 0 Å². The average Bonchev–Trinajstić information content (AvgIpc) is 1.84. The van der Waals surface area contributed by atoms with Crippen LogP contribution in [0.25, 0.3) is 0 Å². The molecule has 13 heavy (non-hydrogen) atoms. The predicted octanol–water partition coefficient (Wildman–Crippen LogP) is 2.10. The van der Waals surface area contributed by atoms with Crippen LogP contribution in [0, 0.1) is 5.92 Å². The van der Waals surface area contributed by atoms with E-state index in [9.17, 15) is 9.59 Å². The molecule has 0 aromatic rings. The third-order valence-corrected chi connectivity index (χ3v) is 0.546. The maximum Gasteiger partial charge on any atom is 0.313 e. The van der Waals surface area contributed by atoms with E-state index in [2.05, 4.69) is 25.5 Å². The van der Waals surface area contributed by atoms with E-state index in [0.717, 1.165) is 0 Å². The molecule has 3 nitrogen and oxygen atoms in total. The van der Waals surface area contributed by atoms with Gasteiger partial charge in [-0.1, -0.05) is 6.92 Å². The van der Waals surface area contributed by atoms with Gasteiger partial charge in [-0.05, 0) is 0 Å². The zero-order valence-corrected chi connectivity index (χ0v) is 9.89. The molecule has 0 radical (unpaired) electrons. The van der Waals surface area contributed by atoms with Crippen LogP contribution in [0.5, 0.6) is 0 Å². The van der Waals surface area contributed by atoms with Crippen molar-refractivity contribution in [3.8, 4) is 0 Å². The van der Waals surface area contributed by atoms with Crippen LogP contribution in [0.15, 0.2) is 0 Å². The molecule has 0 aromatic carbocycles. The number of ether oxygens (including phenoxy) is 1. The number of carbonyl (C=O) groups excluding carboxylic acids is 2. The van der Waals surface area contributed by atoms with Crippen molar-refractivity contribution in [2.24, 2.45) is 0 Å². The first-order valence-electron chi connectivity index (χ1n) is 3.88. The van der Waals surface area contributed by atoms with Gasteiger partial charge in [0.1, 0.15) is 0 Å². The summed E-state index contributed by atoms with van der Waals surface area (Å²) in [6, 6.07) is 0. The fourth-order valence-corrected chi connectivity index (χ4v) is 0.232. The smallest absolute Gasteiger partial charge is 0.313 e. The van der Waals surface area contributed by atoms with Crippen LogP contribution in [0.4, 0.5) is 0 Å². The van der Waals surface area contributed by atoms with Crippen LogP contribution < -0.4 is 0 Å². The zero-order valence-electron chi connectivity index (χ0n) is 8.79. The third-order valence-electron chi connectivity index (χ3n) is 0.546. The van der Waals surface area contributed by atoms with Crippen LogP contribution in [0.2, 0.25) is 0 Å². The first-order valence-corrected chi connectivity index (χ1v) is 3.88. The number of esters is 2. The summed E-state index contributed by atoms with van der Waals surface area (Å²) in [6.07, 6.45) is 0.250. The number of hydrogen-bond donors (Lipinski definition) is 0. The summed E-state index contributed by atoms with van der Waals surface area (Å²) in [5.74, 6) is 0.398. The van der Waals surface area contributed by atoms with Gasteiger partial charge in [-0.3, -0.25) is 9.59 Å². The molecule has 0 fully saturated rings. The van der Waals surface area contributed by atoms with Gasteiger partial charge in [0.25, 0.3) is 0 Å². The molecule has 0 atom stereocenters. The van der Waals surface area contributed by atoms with E-state index >= 15 is 0 Å². The molecule has 0 saturated carbocycles. The summed E-state index contributed by atoms with van der Waals surface area (Å²) >= 11 is 0. The van der Waals surface area contributed by atoms with E-state index in [4.69, 9.17) is 0 Å². The molecule has 0 heterocycles. The molecule has 0 aliphatic heterocycles. The first-order chi connectivity index (χ1) is 5.40. The Morgan fingerprint density at radius 2 is 1.54 bits per heavy atom. The van der Waals surface area contributed by atoms with Gasteiger partial charge in [0, 0.05) is 30.4 Å². The molecule has 0 N–H and O–H groups in total.